The second-order valence-corrected chi connectivity index (χ2v) is 5.81. The second-order valence-electron chi connectivity index (χ2n) is 5.81. The minimum Gasteiger partial charge on any atom is -0.451 e. The van der Waals surface area contributed by atoms with E-state index in [4.69, 9.17) is 8.83 Å². The maximum Gasteiger partial charge on any atom is 0.322 e. The number of para-hydroxylation sites is 1. The Morgan fingerprint density at radius 1 is 0.960 bits per heavy atom. The van der Waals surface area contributed by atoms with Gasteiger partial charge in [-0.1, -0.05) is 29.4 Å². The Bertz CT molecular complexity index is 1050. The molecule has 0 atom stereocenters. The number of hydrogen-bond acceptors (Lipinski definition) is 5. The summed E-state index contributed by atoms with van der Waals surface area (Å²) in [6.07, 6.45) is 0. The van der Waals surface area contributed by atoms with Crippen molar-refractivity contribution in [1.82, 2.24) is 10.2 Å². The van der Waals surface area contributed by atoms with Crippen molar-refractivity contribution < 1.29 is 13.6 Å². The van der Waals surface area contributed by atoms with Gasteiger partial charge in [0.25, 0.3) is 5.91 Å². The van der Waals surface area contributed by atoms with Gasteiger partial charge in [-0.05, 0) is 49.2 Å². The van der Waals surface area contributed by atoms with Crippen molar-refractivity contribution in [2.24, 2.45) is 0 Å². The molecule has 4 aromatic rings. The minimum absolute atomic E-state index is 0.0266. The van der Waals surface area contributed by atoms with E-state index in [2.05, 4.69) is 15.5 Å². The summed E-state index contributed by atoms with van der Waals surface area (Å²) in [6.45, 7) is 4.05. The molecule has 0 aliphatic carbocycles. The zero-order valence-electron chi connectivity index (χ0n) is 13.7. The van der Waals surface area contributed by atoms with E-state index in [1.165, 1.54) is 5.56 Å². The summed E-state index contributed by atoms with van der Waals surface area (Å²) in [4.78, 5) is 12.3. The number of aryl methyl sites for hydroxylation is 2. The minimum atomic E-state index is -0.438. The molecular weight excluding hydrogens is 318 g/mol. The number of furan rings is 1. The van der Waals surface area contributed by atoms with Crippen LogP contribution >= 0.6 is 0 Å². The average Bonchev–Trinajstić information content (AvgIpc) is 3.24. The van der Waals surface area contributed by atoms with E-state index in [1.807, 2.05) is 50.2 Å². The number of benzene rings is 2. The first kappa shape index (κ1) is 15.1. The maximum absolute atomic E-state index is 12.3. The number of aromatic nitrogens is 2. The van der Waals surface area contributed by atoms with E-state index >= 15 is 0 Å². The molecule has 6 heteroatoms. The smallest absolute Gasteiger partial charge is 0.322 e. The average molecular weight is 333 g/mol. The Morgan fingerprint density at radius 2 is 1.80 bits per heavy atom. The SMILES string of the molecule is Cc1ccc(-c2nnc(NC(=O)c3cc4ccccc4o3)o2)cc1C. The third-order valence-corrected chi connectivity index (χ3v) is 4.05. The molecule has 1 amide bonds. The third-order valence-electron chi connectivity index (χ3n) is 4.05. The molecule has 0 saturated heterocycles. The first-order valence-corrected chi connectivity index (χ1v) is 7.81. The van der Waals surface area contributed by atoms with Crippen LogP contribution in [-0.2, 0) is 0 Å². The van der Waals surface area contributed by atoms with Crippen molar-refractivity contribution in [3.05, 3.63) is 65.4 Å². The van der Waals surface area contributed by atoms with E-state index in [-0.39, 0.29) is 11.8 Å². The van der Waals surface area contributed by atoms with Crippen LogP contribution < -0.4 is 5.32 Å². The van der Waals surface area contributed by atoms with Crippen molar-refractivity contribution in [2.45, 2.75) is 13.8 Å². The van der Waals surface area contributed by atoms with Gasteiger partial charge in [-0.15, -0.1) is 5.10 Å². The first-order valence-electron chi connectivity index (χ1n) is 7.81. The zero-order chi connectivity index (χ0) is 17.4. The van der Waals surface area contributed by atoms with Gasteiger partial charge >= 0.3 is 6.01 Å². The predicted octanol–water partition coefficient (Wildman–Crippen LogP) is 4.35. The monoisotopic (exact) mass is 333 g/mol. The summed E-state index contributed by atoms with van der Waals surface area (Å²) in [6, 6.07) is 15.0. The molecule has 0 bridgehead atoms. The molecule has 0 fully saturated rings. The lowest BCUT2D eigenvalue weighted by molar-refractivity contribution is 0.0996. The molecule has 4 rings (SSSR count). The van der Waals surface area contributed by atoms with Crippen LogP contribution in [0.25, 0.3) is 22.4 Å². The summed E-state index contributed by atoms with van der Waals surface area (Å²) in [5.41, 5.74) is 3.76. The van der Waals surface area contributed by atoms with E-state index in [0.717, 1.165) is 16.5 Å². The van der Waals surface area contributed by atoms with E-state index < -0.39 is 5.91 Å². The molecule has 6 nitrogen and oxygen atoms in total. The summed E-state index contributed by atoms with van der Waals surface area (Å²) in [5.74, 6) is 0.0987. The molecule has 25 heavy (non-hydrogen) atoms. The summed E-state index contributed by atoms with van der Waals surface area (Å²) in [5, 5.41) is 11.3. The molecule has 2 aromatic heterocycles. The van der Waals surface area contributed by atoms with Crippen LogP contribution in [0.1, 0.15) is 21.7 Å². The van der Waals surface area contributed by atoms with Crippen LogP contribution in [0.4, 0.5) is 6.01 Å². The van der Waals surface area contributed by atoms with Crippen molar-refractivity contribution >= 4 is 22.9 Å². The van der Waals surface area contributed by atoms with Gasteiger partial charge in [-0.3, -0.25) is 10.1 Å². The maximum atomic E-state index is 12.3. The standard InChI is InChI=1S/C19H15N3O3/c1-11-7-8-14(9-12(11)2)18-21-22-19(25-18)20-17(23)16-10-13-5-3-4-6-15(13)24-16/h3-10H,1-2H3,(H,20,22,23). The molecule has 2 aromatic carbocycles. The quantitative estimate of drug-likeness (QED) is 0.603. The fraction of sp³-hybridized carbons (Fsp3) is 0.105. The largest absolute Gasteiger partial charge is 0.451 e. The molecule has 0 unspecified atom stereocenters. The number of nitrogens with one attached hydrogen (secondary N) is 1. The van der Waals surface area contributed by atoms with Gasteiger partial charge in [0.2, 0.25) is 5.89 Å². The molecule has 124 valence electrons. The summed E-state index contributed by atoms with van der Waals surface area (Å²) in [7, 11) is 0. The van der Waals surface area contributed by atoms with Gasteiger partial charge in [0, 0.05) is 10.9 Å². The highest BCUT2D eigenvalue weighted by atomic mass is 16.4. The van der Waals surface area contributed by atoms with Gasteiger partial charge in [-0.25, -0.2) is 0 Å². The molecule has 0 radical (unpaired) electrons. The van der Waals surface area contributed by atoms with E-state index in [9.17, 15) is 4.79 Å². The van der Waals surface area contributed by atoms with Crippen LogP contribution in [0, 0.1) is 13.8 Å². The molecule has 0 aliphatic rings. The Hall–Kier alpha value is -3.41. The van der Waals surface area contributed by atoms with Gasteiger partial charge in [0.15, 0.2) is 5.76 Å². The normalized spacial score (nSPS) is 11.0. The second kappa shape index (κ2) is 5.90. The Morgan fingerprint density at radius 3 is 2.60 bits per heavy atom. The molecular formula is C19H15N3O3. The van der Waals surface area contributed by atoms with Crippen molar-refractivity contribution in [3.8, 4) is 11.5 Å². The van der Waals surface area contributed by atoms with Crippen LogP contribution in [0.5, 0.6) is 0 Å². The molecule has 0 saturated carbocycles. The highest BCUT2D eigenvalue weighted by Gasteiger charge is 2.16. The lowest BCUT2D eigenvalue weighted by atomic mass is 10.1. The molecule has 2 heterocycles. The van der Waals surface area contributed by atoms with Crippen molar-refractivity contribution in [3.63, 3.8) is 0 Å². The number of fused-ring (bicyclic) bond motifs is 1. The van der Waals surface area contributed by atoms with Crippen LogP contribution in [-0.4, -0.2) is 16.1 Å². The number of amides is 1. The summed E-state index contributed by atoms with van der Waals surface area (Å²) < 4.78 is 11.1. The number of nitrogens with zero attached hydrogens (tertiary/aromatic N) is 2. The topological polar surface area (TPSA) is 81.2 Å². The van der Waals surface area contributed by atoms with Crippen LogP contribution in [0.3, 0.4) is 0 Å². The lowest BCUT2D eigenvalue weighted by Crippen LogP contribution is -2.10. The molecule has 1 N–H and O–H groups in total. The van der Waals surface area contributed by atoms with Gasteiger partial charge in [0.05, 0.1) is 0 Å². The highest BCUT2D eigenvalue weighted by Crippen LogP contribution is 2.23. The number of hydrogen-bond donors (Lipinski definition) is 1. The van der Waals surface area contributed by atoms with Gasteiger partial charge in [-0.2, -0.15) is 0 Å². The van der Waals surface area contributed by atoms with E-state index in [0.29, 0.717) is 11.5 Å². The zero-order valence-corrected chi connectivity index (χ0v) is 13.7. The number of carbonyl (C=O) groups is 1. The highest BCUT2D eigenvalue weighted by molar-refractivity contribution is 6.03. The predicted molar refractivity (Wildman–Crippen MR) is 93.4 cm³/mol. The Labute approximate surface area is 143 Å². The Kier molecular flexibility index (Phi) is 3.57. The van der Waals surface area contributed by atoms with E-state index in [1.54, 1.807) is 12.1 Å². The number of anilines is 1. The summed E-state index contributed by atoms with van der Waals surface area (Å²) >= 11 is 0. The fourth-order valence-electron chi connectivity index (χ4n) is 2.52. The van der Waals surface area contributed by atoms with Crippen molar-refractivity contribution in [1.29, 1.82) is 0 Å². The lowest BCUT2D eigenvalue weighted by Gasteiger charge is -2.01. The molecule has 0 aliphatic heterocycles. The van der Waals surface area contributed by atoms with Crippen LogP contribution in [0.15, 0.2) is 57.4 Å². The van der Waals surface area contributed by atoms with Crippen LogP contribution in [0.2, 0.25) is 0 Å². The van der Waals surface area contributed by atoms with Crippen molar-refractivity contribution in [2.75, 3.05) is 5.32 Å². The van der Waals surface area contributed by atoms with Gasteiger partial charge in [0.1, 0.15) is 5.58 Å². The fourth-order valence-corrected chi connectivity index (χ4v) is 2.52. The number of carbonyl (C=O) groups excluding carboxylic acids is 1. The van der Waals surface area contributed by atoms with Gasteiger partial charge < -0.3 is 8.83 Å². The third kappa shape index (κ3) is 2.89. The number of rotatable bonds is 3. The molecule has 0 spiro atoms. The first-order chi connectivity index (χ1) is 12.1. The Balaban J connectivity index is 1.56.